The zero-order valence-corrected chi connectivity index (χ0v) is 15.1. The molecule has 2 heterocycles. The van der Waals surface area contributed by atoms with Gasteiger partial charge in [-0.1, -0.05) is 24.3 Å². The van der Waals surface area contributed by atoms with Crippen molar-refractivity contribution in [2.24, 2.45) is 0 Å². The van der Waals surface area contributed by atoms with Crippen LogP contribution in [0.1, 0.15) is 11.3 Å². The second-order valence-corrected chi connectivity index (χ2v) is 6.60. The summed E-state index contributed by atoms with van der Waals surface area (Å²) in [5.41, 5.74) is 2.87. The number of carbonyl (C=O) groups excluding carboxylic acids is 1. The van der Waals surface area contributed by atoms with Gasteiger partial charge in [-0.15, -0.1) is 11.8 Å². The Hall–Kier alpha value is -2.86. The van der Waals surface area contributed by atoms with E-state index < -0.39 is 0 Å². The number of carbonyl (C=O) groups is 1. The van der Waals surface area contributed by atoms with Crippen molar-refractivity contribution in [1.82, 2.24) is 15.3 Å². The maximum Gasteiger partial charge on any atom is 0.319 e. The molecular weight excluding hydrogens is 344 g/mol. The van der Waals surface area contributed by atoms with Crippen molar-refractivity contribution in [2.75, 3.05) is 11.9 Å². The first-order valence-electron chi connectivity index (χ1n) is 8.37. The van der Waals surface area contributed by atoms with E-state index in [1.807, 2.05) is 60.7 Å². The minimum absolute atomic E-state index is 0.213. The minimum Gasteiger partial charge on any atom is -0.337 e. The number of benzene rings is 1. The Kier molecular flexibility index (Phi) is 6.61. The Bertz CT molecular complexity index is 827. The van der Waals surface area contributed by atoms with Crippen molar-refractivity contribution >= 4 is 23.5 Å². The number of hydrogen-bond acceptors (Lipinski definition) is 4. The molecule has 26 heavy (non-hydrogen) atoms. The summed E-state index contributed by atoms with van der Waals surface area (Å²) in [7, 11) is 0. The summed E-state index contributed by atoms with van der Waals surface area (Å²) < 4.78 is 0. The average molecular weight is 364 g/mol. The minimum atomic E-state index is -0.213. The molecular formula is C20H20N4OS. The molecule has 0 aliphatic rings. The quantitative estimate of drug-likeness (QED) is 0.619. The second-order valence-electron chi connectivity index (χ2n) is 5.61. The van der Waals surface area contributed by atoms with E-state index in [9.17, 15) is 4.79 Å². The van der Waals surface area contributed by atoms with Crippen LogP contribution in [0.4, 0.5) is 10.5 Å². The Balaban J connectivity index is 1.46. The molecule has 0 aliphatic carbocycles. The van der Waals surface area contributed by atoms with Gasteiger partial charge in [-0.2, -0.15) is 0 Å². The topological polar surface area (TPSA) is 66.9 Å². The maximum atomic E-state index is 12.0. The molecule has 132 valence electrons. The zero-order chi connectivity index (χ0) is 18.0. The van der Waals surface area contributed by atoms with Crippen LogP contribution >= 0.6 is 11.8 Å². The molecule has 1 aromatic carbocycles. The predicted octanol–water partition coefficient (Wildman–Crippen LogP) is 4.13. The van der Waals surface area contributed by atoms with Gasteiger partial charge in [0, 0.05) is 42.5 Å². The number of anilines is 1. The summed E-state index contributed by atoms with van der Waals surface area (Å²) in [4.78, 5) is 20.6. The highest BCUT2D eigenvalue weighted by molar-refractivity contribution is 7.98. The van der Waals surface area contributed by atoms with Gasteiger partial charge >= 0.3 is 6.03 Å². The summed E-state index contributed by atoms with van der Waals surface area (Å²) >= 11 is 1.67. The number of rotatable bonds is 7. The molecule has 0 saturated carbocycles. The van der Waals surface area contributed by atoms with Crippen molar-refractivity contribution in [3.63, 3.8) is 0 Å². The summed E-state index contributed by atoms with van der Waals surface area (Å²) in [6.07, 6.45) is 4.24. The van der Waals surface area contributed by atoms with Gasteiger partial charge in [0.25, 0.3) is 0 Å². The summed E-state index contributed by atoms with van der Waals surface area (Å²) in [6.45, 7) is 0.540. The molecule has 0 fully saturated rings. The van der Waals surface area contributed by atoms with Gasteiger partial charge < -0.3 is 10.6 Å². The van der Waals surface area contributed by atoms with Crippen LogP contribution in [-0.4, -0.2) is 22.5 Å². The van der Waals surface area contributed by atoms with Crippen LogP contribution in [-0.2, 0) is 12.2 Å². The standard InChI is InChI=1S/C20H20N4OS/c25-20(23-13-10-17-7-1-3-11-21-17)24-18-8-5-6-16(14-18)15-26-19-9-2-4-12-22-19/h1-9,11-12,14H,10,13,15H2,(H2,23,24,25). The largest absolute Gasteiger partial charge is 0.337 e. The summed E-state index contributed by atoms with van der Waals surface area (Å²) in [5, 5.41) is 6.71. The van der Waals surface area contributed by atoms with E-state index in [1.165, 1.54) is 0 Å². The number of pyridine rings is 2. The van der Waals surface area contributed by atoms with Gasteiger partial charge in [0.15, 0.2) is 0 Å². The molecule has 0 unspecified atom stereocenters. The Labute approximate surface area is 157 Å². The van der Waals surface area contributed by atoms with Gasteiger partial charge in [-0.05, 0) is 42.0 Å². The van der Waals surface area contributed by atoms with Crippen LogP contribution in [0.2, 0.25) is 0 Å². The molecule has 2 amide bonds. The van der Waals surface area contributed by atoms with Crippen LogP contribution in [0.25, 0.3) is 0 Å². The van der Waals surface area contributed by atoms with Gasteiger partial charge in [-0.3, -0.25) is 4.98 Å². The number of nitrogens with one attached hydrogen (secondary N) is 2. The smallest absolute Gasteiger partial charge is 0.319 e. The fraction of sp³-hybridized carbons (Fsp3) is 0.150. The van der Waals surface area contributed by atoms with Gasteiger partial charge in [0.2, 0.25) is 0 Å². The molecule has 0 saturated heterocycles. The van der Waals surface area contributed by atoms with Gasteiger partial charge in [0.1, 0.15) is 0 Å². The number of amides is 2. The van der Waals surface area contributed by atoms with E-state index in [0.29, 0.717) is 13.0 Å². The third-order valence-electron chi connectivity index (χ3n) is 3.60. The van der Waals surface area contributed by atoms with E-state index in [1.54, 1.807) is 24.2 Å². The SMILES string of the molecule is O=C(NCCc1ccccn1)Nc1cccc(CSc2ccccn2)c1. The molecule has 3 aromatic rings. The first kappa shape index (κ1) is 17.9. The normalized spacial score (nSPS) is 10.3. The molecule has 5 nitrogen and oxygen atoms in total. The van der Waals surface area contributed by atoms with Gasteiger partial charge in [-0.25, -0.2) is 9.78 Å². The highest BCUT2D eigenvalue weighted by atomic mass is 32.2. The van der Waals surface area contributed by atoms with Crippen molar-refractivity contribution in [3.05, 3.63) is 84.3 Å². The van der Waals surface area contributed by atoms with Gasteiger partial charge in [0.05, 0.1) is 5.03 Å². The summed E-state index contributed by atoms with van der Waals surface area (Å²) in [5.74, 6) is 0.799. The molecule has 0 spiro atoms. The van der Waals surface area contributed by atoms with Crippen LogP contribution in [0.3, 0.4) is 0 Å². The number of thioether (sulfide) groups is 1. The molecule has 0 bridgehead atoms. The molecule has 0 radical (unpaired) electrons. The Morgan fingerprint density at radius 1 is 0.962 bits per heavy atom. The van der Waals surface area contributed by atoms with Crippen LogP contribution in [0.15, 0.2) is 78.1 Å². The molecule has 3 rings (SSSR count). The third kappa shape index (κ3) is 5.89. The first-order chi connectivity index (χ1) is 12.8. The van der Waals surface area contributed by atoms with Crippen molar-refractivity contribution in [1.29, 1.82) is 0 Å². The second kappa shape index (κ2) is 9.58. The Morgan fingerprint density at radius 3 is 2.58 bits per heavy atom. The monoisotopic (exact) mass is 364 g/mol. The van der Waals surface area contributed by atoms with Crippen LogP contribution in [0.5, 0.6) is 0 Å². The van der Waals surface area contributed by atoms with E-state index in [4.69, 9.17) is 0 Å². The van der Waals surface area contributed by atoms with E-state index in [-0.39, 0.29) is 6.03 Å². The average Bonchev–Trinajstić information content (AvgIpc) is 2.68. The van der Waals surface area contributed by atoms with E-state index >= 15 is 0 Å². The number of aromatic nitrogens is 2. The number of nitrogens with zero attached hydrogens (tertiary/aromatic N) is 2. The highest BCUT2D eigenvalue weighted by Gasteiger charge is 2.03. The lowest BCUT2D eigenvalue weighted by Gasteiger charge is -2.09. The van der Waals surface area contributed by atoms with Crippen LogP contribution < -0.4 is 10.6 Å². The zero-order valence-electron chi connectivity index (χ0n) is 14.3. The lowest BCUT2D eigenvalue weighted by Crippen LogP contribution is -2.30. The summed E-state index contributed by atoms with van der Waals surface area (Å²) in [6, 6.07) is 19.3. The lowest BCUT2D eigenvalue weighted by atomic mass is 10.2. The fourth-order valence-electron chi connectivity index (χ4n) is 2.35. The molecule has 6 heteroatoms. The van der Waals surface area contributed by atoms with E-state index in [0.717, 1.165) is 27.7 Å². The van der Waals surface area contributed by atoms with E-state index in [2.05, 4.69) is 20.6 Å². The lowest BCUT2D eigenvalue weighted by molar-refractivity contribution is 0.252. The fourth-order valence-corrected chi connectivity index (χ4v) is 3.16. The Morgan fingerprint density at radius 2 is 1.81 bits per heavy atom. The molecule has 0 aliphatic heterocycles. The first-order valence-corrected chi connectivity index (χ1v) is 9.36. The predicted molar refractivity (Wildman–Crippen MR) is 105 cm³/mol. The number of hydrogen-bond donors (Lipinski definition) is 2. The number of urea groups is 1. The van der Waals surface area contributed by atoms with Crippen molar-refractivity contribution < 1.29 is 4.79 Å². The van der Waals surface area contributed by atoms with Crippen molar-refractivity contribution in [2.45, 2.75) is 17.2 Å². The maximum absolute atomic E-state index is 12.0. The van der Waals surface area contributed by atoms with Crippen molar-refractivity contribution in [3.8, 4) is 0 Å². The van der Waals surface area contributed by atoms with Crippen LogP contribution in [0, 0.1) is 0 Å². The molecule has 0 atom stereocenters. The molecule has 2 aromatic heterocycles. The molecule has 2 N–H and O–H groups in total. The highest BCUT2D eigenvalue weighted by Crippen LogP contribution is 2.22. The third-order valence-corrected chi connectivity index (χ3v) is 4.62.